The van der Waals surface area contributed by atoms with Gasteiger partial charge in [0.2, 0.25) is 5.88 Å². The van der Waals surface area contributed by atoms with Crippen LogP contribution in [-0.4, -0.2) is 45.9 Å². The van der Waals surface area contributed by atoms with Crippen molar-refractivity contribution in [3.63, 3.8) is 0 Å². The Morgan fingerprint density at radius 3 is 2.30 bits per heavy atom. The first-order valence-corrected chi connectivity index (χ1v) is 11.0. The van der Waals surface area contributed by atoms with Crippen LogP contribution >= 0.6 is 11.6 Å². The summed E-state index contributed by atoms with van der Waals surface area (Å²) in [5, 5.41) is 0.161. The summed E-state index contributed by atoms with van der Waals surface area (Å²) in [6.45, 7) is 7.74. The van der Waals surface area contributed by atoms with E-state index in [1.54, 1.807) is 18.2 Å². The van der Waals surface area contributed by atoms with Crippen LogP contribution in [0.15, 0.2) is 35.4 Å². The maximum absolute atomic E-state index is 13.0. The highest BCUT2D eigenvalue weighted by Gasteiger charge is 2.52. The summed E-state index contributed by atoms with van der Waals surface area (Å²) in [4.78, 5) is 3.72. The molecule has 1 saturated heterocycles. The number of ether oxygens (including phenoxy) is 2. The molecule has 1 aliphatic rings. The number of rotatable bonds is 6. The van der Waals surface area contributed by atoms with Gasteiger partial charge in [0.15, 0.2) is 4.90 Å². The first kappa shape index (κ1) is 22.7. The molecule has 0 radical (unpaired) electrons. The van der Waals surface area contributed by atoms with E-state index in [4.69, 9.17) is 30.4 Å². The van der Waals surface area contributed by atoms with E-state index in [-0.39, 0.29) is 27.2 Å². The number of sulfonamides is 1. The third-order valence-corrected chi connectivity index (χ3v) is 6.84. The van der Waals surface area contributed by atoms with Crippen molar-refractivity contribution in [1.29, 1.82) is 0 Å². The van der Waals surface area contributed by atoms with Crippen LogP contribution in [-0.2, 0) is 19.3 Å². The highest BCUT2D eigenvalue weighted by Crippen LogP contribution is 2.38. The minimum absolute atomic E-state index is 0.0759. The van der Waals surface area contributed by atoms with Crippen molar-refractivity contribution in [3.8, 4) is 11.6 Å². The molecule has 0 bridgehead atoms. The van der Waals surface area contributed by atoms with Crippen molar-refractivity contribution in [2.45, 2.75) is 43.8 Å². The average molecular weight is 455 g/mol. The lowest BCUT2D eigenvalue weighted by Gasteiger charge is -2.32. The van der Waals surface area contributed by atoms with Gasteiger partial charge < -0.3 is 18.8 Å². The minimum atomic E-state index is -4.08. The Morgan fingerprint density at radius 2 is 1.73 bits per heavy atom. The maximum atomic E-state index is 13.0. The molecule has 1 fully saturated rings. The first-order valence-electron chi connectivity index (χ1n) is 9.17. The summed E-state index contributed by atoms with van der Waals surface area (Å²) in [6.07, 6.45) is 1.30. The highest BCUT2D eigenvalue weighted by molar-refractivity contribution is 7.92. The molecular formula is C19H24BClN2O6S. The van der Waals surface area contributed by atoms with Gasteiger partial charge in [-0.2, -0.15) is 0 Å². The molecule has 1 aliphatic heterocycles. The molecule has 0 amide bonds. The molecule has 0 saturated carbocycles. The fourth-order valence-corrected chi connectivity index (χ4v) is 4.40. The van der Waals surface area contributed by atoms with Crippen molar-refractivity contribution in [1.82, 2.24) is 4.98 Å². The molecular weight excluding hydrogens is 431 g/mol. The van der Waals surface area contributed by atoms with Crippen LogP contribution in [0, 0.1) is 0 Å². The zero-order chi connectivity index (χ0) is 22.3. The molecule has 1 aromatic carbocycles. The lowest BCUT2D eigenvalue weighted by Crippen LogP contribution is -2.41. The second kappa shape index (κ2) is 7.92. The van der Waals surface area contributed by atoms with Crippen LogP contribution in [0.3, 0.4) is 0 Å². The van der Waals surface area contributed by atoms with Crippen molar-refractivity contribution in [2.24, 2.45) is 0 Å². The predicted octanol–water partition coefficient (Wildman–Crippen LogP) is 2.85. The van der Waals surface area contributed by atoms with Crippen LogP contribution in [0.2, 0.25) is 5.02 Å². The van der Waals surface area contributed by atoms with Crippen molar-refractivity contribution >= 4 is 39.9 Å². The van der Waals surface area contributed by atoms with Gasteiger partial charge >= 0.3 is 7.12 Å². The topological polar surface area (TPSA) is 96.0 Å². The molecule has 1 N–H and O–H groups in total. The molecule has 8 nitrogen and oxygen atoms in total. The Morgan fingerprint density at radius 1 is 1.10 bits per heavy atom. The van der Waals surface area contributed by atoms with Gasteiger partial charge in [0.25, 0.3) is 10.0 Å². The van der Waals surface area contributed by atoms with Crippen molar-refractivity contribution in [2.75, 3.05) is 18.9 Å². The van der Waals surface area contributed by atoms with Gasteiger partial charge in [-0.3, -0.25) is 4.72 Å². The summed E-state index contributed by atoms with van der Waals surface area (Å²) in [5.41, 5.74) is -0.338. The van der Waals surface area contributed by atoms with E-state index in [9.17, 15) is 8.42 Å². The average Bonchev–Trinajstić information content (AvgIpc) is 2.88. The van der Waals surface area contributed by atoms with Crippen LogP contribution < -0.4 is 19.7 Å². The van der Waals surface area contributed by atoms with E-state index in [0.29, 0.717) is 5.46 Å². The Bertz CT molecular complexity index is 1040. The molecule has 0 unspecified atom stereocenters. The van der Waals surface area contributed by atoms with E-state index in [1.165, 1.54) is 26.5 Å². The standard InChI is InChI=1S/C19H24BClN2O6S/c1-18(2)19(3,4)29-20(28-18)13-8-7-9-14(16(13)26-5)23-30(24,25)15-10-12(21)11-22-17(15)27-6/h7-11,23H,1-6H3. The number of hydrogen-bond donors (Lipinski definition) is 1. The van der Waals surface area contributed by atoms with E-state index in [2.05, 4.69) is 9.71 Å². The first-order chi connectivity index (χ1) is 13.9. The SMILES string of the molecule is COc1ncc(Cl)cc1S(=O)(=O)Nc1cccc(B2OC(C)(C)C(C)(C)O2)c1OC. The number of anilines is 1. The summed E-state index contributed by atoms with van der Waals surface area (Å²) < 4.78 is 51.4. The number of hydrogen-bond acceptors (Lipinski definition) is 7. The van der Waals surface area contributed by atoms with Gasteiger partial charge in [0.1, 0.15) is 5.75 Å². The predicted molar refractivity (Wildman–Crippen MR) is 115 cm³/mol. The number of nitrogens with one attached hydrogen (secondary N) is 1. The second-order valence-electron chi connectivity index (χ2n) is 7.78. The second-order valence-corrected chi connectivity index (χ2v) is 9.87. The largest absolute Gasteiger partial charge is 0.498 e. The van der Waals surface area contributed by atoms with Crippen LogP contribution in [0.25, 0.3) is 0 Å². The minimum Gasteiger partial charge on any atom is -0.495 e. The molecule has 162 valence electrons. The summed E-state index contributed by atoms with van der Waals surface area (Å²) in [5.74, 6) is 0.210. The van der Waals surface area contributed by atoms with E-state index < -0.39 is 28.3 Å². The third-order valence-electron chi connectivity index (χ3n) is 5.27. The number of halogens is 1. The molecule has 3 rings (SSSR count). The monoisotopic (exact) mass is 454 g/mol. The lowest BCUT2D eigenvalue weighted by molar-refractivity contribution is 0.00578. The molecule has 0 spiro atoms. The van der Waals surface area contributed by atoms with Crippen molar-refractivity contribution < 1.29 is 27.2 Å². The molecule has 2 heterocycles. The fourth-order valence-electron chi connectivity index (χ4n) is 2.97. The summed E-state index contributed by atoms with van der Waals surface area (Å²) >= 11 is 5.94. The van der Waals surface area contributed by atoms with Gasteiger partial charge in [0, 0.05) is 11.7 Å². The van der Waals surface area contributed by atoms with E-state index in [1.807, 2.05) is 27.7 Å². The third kappa shape index (κ3) is 4.09. The number of aromatic nitrogens is 1. The van der Waals surface area contributed by atoms with Gasteiger partial charge in [-0.1, -0.05) is 23.7 Å². The fraction of sp³-hybridized carbons (Fsp3) is 0.421. The quantitative estimate of drug-likeness (QED) is 0.670. The summed E-state index contributed by atoms with van der Waals surface area (Å²) in [6, 6.07) is 6.30. The Kier molecular flexibility index (Phi) is 5.99. The van der Waals surface area contributed by atoms with Crippen LogP contribution in [0.4, 0.5) is 5.69 Å². The molecule has 0 aliphatic carbocycles. The molecule has 0 atom stereocenters. The van der Waals surface area contributed by atoms with Crippen LogP contribution in [0.1, 0.15) is 27.7 Å². The van der Waals surface area contributed by atoms with Gasteiger partial charge in [-0.15, -0.1) is 0 Å². The maximum Gasteiger partial charge on any atom is 0.498 e. The van der Waals surface area contributed by atoms with Gasteiger partial charge in [0.05, 0.1) is 36.1 Å². The lowest BCUT2D eigenvalue weighted by atomic mass is 9.78. The number of nitrogens with zero attached hydrogens (tertiary/aromatic N) is 1. The number of pyridine rings is 1. The zero-order valence-electron chi connectivity index (χ0n) is 17.6. The highest BCUT2D eigenvalue weighted by atomic mass is 35.5. The Hall–Kier alpha value is -2.01. The molecule has 11 heteroatoms. The number of para-hydroxylation sites is 1. The smallest absolute Gasteiger partial charge is 0.495 e. The van der Waals surface area contributed by atoms with Gasteiger partial charge in [-0.25, -0.2) is 13.4 Å². The number of methoxy groups -OCH3 is 2. The normalized spacial score (nSPS) is 17.6. The van der Waals surface area contributed by atoms with Gasteiger partial charge in [-0.05, 0) is 39.8 Å². The van der Waals surface area contributed by atoms with E-state index in [0.717, 1.165) is 0 Å². The Balaban J connectivity index is 2.01. The van der Waals surface area contributed by atoms with E-state index >= 15 is 0 Å². The molecule has 2 aromatic rings. The summed E-state index contributed by atoms with van der Waals surface area (Å²) in [7, 11) is -2.03. The number of benzene rings is 1. The van der Waals surface area contributed by atoms with Crippen molar-refractivity contribution in [3.05, 3.63) is 35.5 Å². The Labute approximate surface area is 182 Å². The van der Waals surface area contributed by atoms with Crippen LogP contribution in [0.5, 0.6) is 11.6 Å². The molecule has 30 heavy (non-hydrogen) atoms. The molecule has 1 aromatic heterocycles. The zero-order valence-corrected chi connectivity index (χ0v) is 19.2.